The van der Waals surface area contributed by atoms with Crippen molar-refractivity contribution in [2.45, 2.75) is 26.7 Å². The van der Waals surface area contributed by atoms with Crippen molar-refractivity contribution < 1.29 is 9.59 Å². The summed E-state index contributed by atoms with van der Waals surface area (Å²) >= 11 is 0. The molecule has 2 heterocycles. The molecule has 1 N–H and O–H groups in total. The zero-order valence-corrected chi connectivity index (χ0v) is 9.69. The Hall–Kier alpha value is -1.39. The summed E-state index contributed by atoms with van der Waals surface area (Å²) < 4.78 is 0. The van der Waals surface area contributed by atoms with Crippen molar-refractivity contribution in [1.82, 2.24) is 10.3 Å². The lowest BCUT2D eigenvalue weighted by atomic mass is 10.0. The van der Waals surface area contributed by atoms with Crippen molar-refractivity contribution in [3.05, 3.63) is 0 Å². The normalized spacial score (nSPS) is 30.0. The molecule has 0 spiro atoms. The van der Waals surface area contributed by atoms with Crippen LogP contribution in [0.15, 0.2) is 5.10 Å². The van der Waals surface area contributed by atoms with Crippen molar-refractivity contribution >= 4 is 17.5 Å². The van der Waals surface area contributed by atoms with Crippen LogP contribution in [0.5, 0.6) is 0 Å². The highest BCUT2D eigenvalue weighted by atomic mass is 16.2. The van der Waals surface area contributed by atoms with Gasteiger partial charge in [0.25, 0.3) is 5.91 Å². The van der Waals surface area contributed by atoms with Crippen molar-refractivity contribution in [2.24, 2.45) is 16.9 Å². The number of amides is 2. The first-order chi connectivity index (χ1) is 7.58. The number of hydrogen-bond donors (Lipinski definition) is 1. The van der Waals surface area contributed by atoms with Crippen molar-refractivity contribution in [3.63, 3.8) is 0 Å². The summed E-state index contributed by atoms with van der Waals surface area (Å²) in [7, 11) is 0. The minimum absolute atomic E-state index is 0.0174. The largest absolute Gasteiger partial charge is 0.337 e. The number of hydrazone groups is 1. The van der Waals surface area contributed by atoms with Crippen LogP contribution < -0.4 is 5.43 Å². The third kappa shape index (κ3) is 2.08. The van der Waals surface area contributed by atoms with Gasteiger partial charge in [-0.1, -0.05) is 13.8 Å². The fraction of sp³-hybridized carbons (Fsp3) is 0.727. The van der Waals surface area contributed by atoms with Gasteiger partial charge in [0.2, 0.25) is 5.91 Å². The summed E-state index contributed by atoms with van der Waals surface area (Å²) in [5, 5.41) is 3.83. The first-order valence-electron chi connectivity index (χ1n) is 5.72. The lowest BCUT2D eigenvalue weighted by molar-refractivity contribution is -0.124. The highest BCUT2D eigenvalue weighted by molar-refractivity contribution is 6.39. The zero-order valence-electron chi connectivity index (χ0n) is 9.69. The molecule has 2 aliphatic rings. The maximum absolute atomic E-state index is 12.0. The van der Waals surface area contributed by atoms with Crippen LogP contribution in [0.1, 0.15) is 26.7 Å². The second kappa shape index (κ2) is 4.23. The molecule has 0 aromatic carbocycles. The fourth-order valence-electron chi connectivity index (χ4n) is 2.11. The molecule has 5 nitrogen and oxygen atoms in total. The molecule has 2 aliphatic heterocycles. The van der Waals surface area contributed by atoms with Gasteiger partial charge < -0.3 is 4.90 Å². The van der Waals surface area contributed by atoms with Gasteiger partial charge in [-0.2, -0.15) is 5.10 Å². The Morgan fingerprint density at radius 1 is 1.31 bits per heavy atom. The van der Waals surface area contributed by atoms with E-state index in [-0.39, 0.29) is 11.8 Å². The van der Waals surface area contributed by atoms with E-state index in [2.05, 4.69) is 24.4 Å². The molecular formula is C11H17N3O2. The highest BCUT2D eigenvalue weighted by Crippen LogP contribution is 2.22. The van der Waals surface area contributed by atoms with Crippen LogP contribution in [0.4, 0.5) is 0 Å². The van der Waals surface area contributed by atoms with Crippen molar-refractivity contribution in [3.8, 4) is 0 Å². The van der Waals surface area contributed by atoms with E-state index in [0.29, 0.717) is 30.4 Å². The molecule has 88 valence electrons. The second-order valence-electron chi connectivity index (χ2n) is 4.76. The predicted molar refractivity (Wildman–Crippen MR) is 59.7 cm³/mol. The van der Waals surface area contributed by atoms with E-state index < -0.39 is 0 Å². The molecule has 2 atom stereocenters. The minimum atomic E-state index is -0.111. The molecule has 0 radical (unpaired) electrons. The molecule has 16 heavy (non-hydrogen) atoms. The number of rotatable bonds is 1. The number of nitrogens with zero attached hydrogens (tertiary/aromatic N) is 2. The van der Waals surface area contributed by atoms with E-state index in [0.717, 1.165) is 13.1 Å². The highest BCUT2D eigenvalue weighted by Gasteiger charge is 2.32. The van der Waals surface area contributed by atoms with E-state index in [1.807, 2.05) is 4.90 Å². The molecule has 2 amide bonds. The quantitative estimate of drug-likeness (QED) is 0.698. The fourth-order valence-corrected chi connectivity index (χ4v) is 2.11. The van der Waals surface area contributed by atoms with E-state index in [9.17, 15) is 9.59 Å². The van der Waals surface area contributed by atoms with E-state index in [1.165, 1.54) is 0 Å². The zero-order chi connectivity index (χ0) is 11.7. The van der Waals surface area contributed by atoms with E-state index in [1.54, 1.807) is 0 Å². The van der Waals surface area contributed by atoms with Crippen LogP contribution >= 0.6 is 0 Å². The van der Waals surface area contributed by atoms with Crippen molar-refractivity contribution in [1.29, 1.82) is 0 Å². The second-order valence-corrected chi connectivity index (χ2v) is 4.76. The van der Waals surface area contributed by atoms with Gasteiger partial charge in [-0.15, -0.1) is 0 Å². The molecule has 0 aromatic rings. The number of hydrogen-bond acceptors (Lipinski definition) is 3. The third-order valence-electron chi connectivity index (χ3n) is 3.43. The third-order valence-corrected chi connectivity index (χ3v) is 3.43. The summed E-state index contributed by atoms with van der Waals surface area (Å²) in [4.78, 5) is 24.8. The monoisotopic (exact) mass is 223 g/mol. The molecule has 0 aromatic heterocycles. The van der Waals surface area contributed by atoms with Crippen LogP contribution in [0, 0.1) is 11.8 Å². The first kappa shape index (κ1) is 11.1. The Labute approximate surface area is 94.9 Å². The predicted octanol–water partition coefficient (Wildman–Crippen LogP) is 0.367. The molecule has 5 heteroatoms. The SMILES string of the molecule is CC1CN(C(=O)C2=NNC(=O)CC2)CC1C. The Kier molecular flexibility index (Phi) is 2.94. The maximum atomic E-state index is 12.0. The number of carbonyl (C=O) groups excluding carboxylic acids is 2. The van der Waals surface area contributed by atoms with Gasteiger partial charge in [0.1, 0.15) is 5.71 Å². The average Bonchev–Trinajstić information content (AvgIpc) is 2.59. The van der Waals surface area contributed by atoms with Gasteiger partial charge in [-0.3, -0.25) is 9.59 Å². The molecule has 0 saturated carbocycles. The molecule has 0 bridgehead atoms. The average molecular weight is 223 g/mol. The summed E-state index contributed by atoms with van der Waals surface area (Å²) in [6.45, 7) is 5.91. The number of nitrogens with one attached hydrogen (secondary N) is 1. The standard InChI is InChI=1S/C11H17N3O2/c1-7-5-14(6-8(7)2)11(16)9-3-4-10(15)13-12-9/h7-8H,3-6H2,1-2H3,(H,13,15). The summed E-state index contributed by atoms with van der Waals surface area (Å²) in [5.74, 6) is 0.960. The number of likely N-dealkylation sites (tertiary alicyclic amines) is 1. The summed E-state index contributed by atoms with van der Waals surface area (Å²) in [6, 6.07) is 0. The van der Waals surface area contributed by atoms with Crippen molar-refractivity contribution in [2.75, 3.05) is 13.1 Å². The lowest BCUT2D eigenvalue weighted by Crippen LogP contribution is -2.39. The van der Waals surface area contributed by atoms with Gasteiger partial charge >= 0.3 is 0 Å². The molecule has 0 aliphatic carbocycles. The smallest absolute Gasteiger partial charge is 0.270 e. The van der Waals surface area contributed by atoms with Gasteiger partial charge in [0.15, 0.2) is 0 Å². The Balaban J connectivity index is 2.01. The summed E-state index contributed by atoms with van der Waals surface area (Å²) in [6.07, 6.45) is 0.827. The first-order valence-corrected chi connectivity index (χ1v) is 5.72. The molecule has 1 saturated heterocycles. The van der Waals surface area contributed by atoms with Crippen LogP contribution in [0.25, 0.3) is 0 Å². The van der Waals surface area contributed by atoms with Crippen LogP contribution in [-0.2, 0) is 9.59 Å². The van der Waals surface area contributed by atoms with Crippen LogP contribution in [0.2, 0.25) is 0 Å². The lowest BCUT2D eigenvalue weighted by Gasteiger charge is -2.19. The number of carbonyl (C=O) groups is 2. The van der Waals surface area contributed by atoms with Gasteiger partial charge in [0, 0.05) is 25.9 Å². The summed E-state index contributed by atoms with van der Waals surface area (Å²) in [5.41, 5.74) is 2.85. The van der Waals surface area contributed by atoms with Gasteiger partial charge in [-0.25, -0.2) is 5.43 Å². The molecular weight excluding hydrogens is 206 g/mol. The molecule has 2 unspecified atom stereocenters. The minimum Gasteiger partial charge on any atom is -0.337 e. The molecule has 1 fully saturated rings. The topological polar surface area (TPSA) is 61.8 Å². The molecule has 2 rings (SSSR count). The maximum Gasteiger partial charge on any atom is 0.270 e. The Morgan fingerprint density at radius 2 is 1.94 bits per heavy atom. The Morgan fingerprint density at radius 3 is 2.44 bits per heavy atom. The van der Waals surface area contributed by atoms with Gasteiger partial charge in [-0.05, 0) is 11.8 Å². The Bertz CT molecular complexity index is 341. The van der Waals surface area contributed by atoms with Crippen LogP contribution in [-0.4, -0.2) is 35.5 Å². The van der Waals surface area contributed by atoms with E-state index >= 15 is 0 Å². The van der Waals surface area contributed by atoms with Gasteiger partial charge in [0.05, 0.1) is 0 Å². The van der Waals surface area contributed by atoms with Crippen LogP contribution in [0.3, 0.4) is 0 Å². The van der Waals surface area contributed by atoms with E-state index in [4.69, 9.17) is 0 Å².